The van der Waals surface area contributed by atoms with E-state index in [0.29, 0.717) is 16.3 Å². The number of nitrogen functional groups attached to an aromatic ring is 1. The highest BCUT2D eigenvalue weighted by Gasteiger charge is 2.11. The quantitative estimate of drug-likeness (QED) is 0.636. The number of rotatable bonds is 2. The second-order valence-corrected chi connectivity index (χ2v) is 3.56. The molecule has 0 aliphatic heterocycles. The Bertz CT molecular complexity index is 528. The van der Waals surface area contributed by atoms with Crippen molar-refractivity contribution in [2.45, 2.75) is 0 Å². The number of aromatic nitrogens is 2. The molecular formula is C11H8ClN3O. The Morgan fingerprint density at radius 3 is 2.75 bits per heavy atom. The van der Waals surface area contributed by atoms with E-state index in [1.807, 2.05) is 0 Å². The molecule has 1 aromatic carbocycles. The normalized spacial score (nSPS) is 10.1. The van der Waals surface area contributed by atoms with Crippen LogP contribution in [-0.2, 0) is 0 Å². The van der Waals surface area contributed by atoms with E-state index < -0.39 is 0 Å². The van der Waals surface area contributed by atoms with Crippen molar-refractivity contribution in [2.75, 3.05) is 5.73 Å². The first-order valence-electron chi connectivity index (χ1n) is 4.54. The maximum absolute atomic E-state index is 11.9. The molecule has 0 saturated heterocycles. The first kappa shape index (κ1) is 10.6. The van der Waals surface area contributed by atoms with Gasteiger partial charge in [-0.2, -0.15) is 0 Å². The molecule has 80 valence electrons. The lowest BCUT2D eigenvalue weighted by Crippen LogP contribution is -2.04. The molecule has 0 unspecified atom stereocenters. The van der Waals surface area contributed by atoms with Gasteiger partial charge in [0.15, 0.2) is 0 Å². The first-order valence-corrected chi connectivity index (χ1v) is 4.92. The summed E-state index contributed by atoms with van der Waals surface area (Å²) in [6, 6.07) is 4.72. The summed E-state index contributed by atoms with van der Waals surface area (Å²) in [7, 11) is 0. The zero-order valence-electron chi connectivity index (χ0n) is 8.22. The minimum Gasteiger partial charge on any atom is -0.398 e. The molecule has 0 amide bonds. The van der Waals surface area contributed by atoms with Gasteiger partial charge in [0.25, 0.3) is 0 Å². The number of anilines is 1. The third kappa shape index (κ3) is 2.01. The molecule has 16 heavy (non-hydrogen) atoms. The van der Waals surface area contributed by atoms with Crippen molar-refractivity contribution in [3.05, 3.63) is 53.1 Å². The number of nitrogens with zero attached hydrogens (tertiary/aromatic N) is 2. The van der Waals surface area contributed by atoms with Crippen LogP contribution in [-0.4, -0.2) is 15.8 Å². The molecule has 2 rings (SSSR count). The lowest BCUT2D eigenvalue weighted by Gasteiger charge is -2.02. The predicted octanol–water partition coefficient (Wildman–Crippen LogP) is 1.94. The zero-order chi connectivity index (χ0) is 11.5. The van der Waals surface area contributed by atoms with Gasteiger partial charge in [-0.3, -0.25) is 9.78 Å². The second-order valence-electron chi connectivity index (χ2n) is 3.16. The molecular weight excluding hydrogens is 226 g/mol. The average Bonchev–Trinajstić information content (AvgIpc) is 2.33. The number of carbonyl (C=O) groups excluding carboxylic acids is 1. The van der Waals surface area contributed by atoms with Gasteiger partial charge in [0, 0.05) is 18.0 Å². The lowest BCUT2D eigenvalue weighted by atomic mass is 10.1. The molecule has 0 bridgehead atoms. The van der Waals surface area contributed by atoms with Crippen LogP contribution < -0.4 is 5.73 Å². The maximum Gasteiger partial charge on any atom is 0.212 e. The Labute approximate surface area is 97.1 Å². The van der Waals surface area contributed by atoms with Crippen molar-refractivity contribution >= 4 is 23.1 Å². The summed E-state index contributed by atoms with van der Waals surface area (Å²) in [5, 5.41) is 0.356. The number of hydrogen-bond donors (Lipinski definition) is 1. The highest BCUT2D eigenvalue weighted by molar-refractivity contribution is 6.33. The summed E-state index contributed by atoms with van der Waals surface area (Å²) in [5.41, 5.74) is 6.72. The van der Waals surface area contributed by atoms with Gasteiger partial charge in [-0.25, -0.2) is 4.98 Å². The van der Waals surface area contributed by atoms with Crippen LogP contribution in [0.2, 0.25) is 5.02 Å². The van der Waals surface area contributed by atoms with Gasteiger partial charge >= 0.3 is 0 Å². The van der Waals surface area contributed by atoms with Crippen molar-refractivity contribution in [3.8, 4) is 0 Å². The topological polar surface area (TPSA) is 68.9 Å². The molecule has 2 N–H and O–H groups in total. The zero-order valence-corrected chi connectivity index (χ0v) is 8.98. The fourth-order valence-corrected chi connectivity index (χ4v) is 1.41. The maximum atomic E-state index is 11.9. The van der Waals surface area contributed by atoms with Crippen LogP contribution in [0.4, 0.5) is 5.69 Å². The van der Waals surface area contributed by atoms with E-state index in [0.717, 1.165) is 0 Å². The molecule has 5 heteroatoms. The molecule has 0 spiro atoms. The van der Waals surface area contributed by atoms with Gasteiger partial charge in [-0.05, 0) is 18.2 Å². The van der Waals surface area contributed by atoms with Crippen LogP contribution in [0.3, 0.4) is 0 Å². The number of carbonyl (C=O) groups is 1. The number of ketones is 1. The van der Waals surface area contributed by atoms with Crippen molar-refractivity contribution in [3.63, 3.8) is 0 Å². The minimum atomic E-state index is -0.227. The molecule has 2 aromatic rings. The lowest BCUT2D eigenvalue weighted by molar-refractivity contribution is 0.103. The minimum absolute atomic E-state index is 0.227. The Hall–Kier alpha value is -1.94. The van der Waals surface area contributed by atoms with E-state index >= 15 is 0 Å². The summed E-state index contributed by atoms with van der Waals surface area (Å²) in [4.78, 5) is 19.7. The van der Waals surface area contributed by atoms with Gasteiger partial charge in [0.05, 0.1) is 16.9 Å². The fraction of sp³-hybridized carbons (Fsp3) is 0. The summed E-state index contributed by atoms with van der Waals surface area (Å²) >= 11 is 5.83. The molecule has 0 saturated carbocycles. The van der Waals surface area contributed by atoms with Gasteiger partial charge in [0.2, 0.25) is 5.78 Å². The molecule has 0 atom stereocenters. The second kappa shape index (κ2) is 4.28. The average molecular weight is 234 g/mol. The number of benzene rings is 1. The van der Waals surface area contributed by atoms with Crippen molar-refractivity contribution in [2.24, 2.45) is 0 Å². The van der Waals surface area contributed by atoms with Crippen molar-refractivity contribution in [1.82, 2.24) is 9.97 Å². The van der Waals surface area contributed by atoms with Crippen molar-refractivity contribution in [1.29, 1.82) is 0 Å². The van der Waals surface area contributed by atoms with Crippen molar-refractivity contribution < 1.29 is 4.79 Å². The molecule has 0 aliphatic carbocycles. The largest absolute Gasteiger partial charge is 0.398 e. The van der Waals surface area contributed by atoms with Crippen LogP contribution in [0.15, 0.2) is 36.8 Å². The molecule has 0 fully saturated rings. The Morgan fingerprint density at radius 2 is 2.12 bits per heavy atom. The predicted molar refractivity (Wildman–Crippen MR) is 61.3 cm³/mol. The first-order chi connectivity index (χ1) is 7.68. The standard InChI is InChI=1S/C11H8ClN3O/c12-8-5-7(1-2-9(8)13)11(16)10-6-14-3-4-15-10/h1-6H,13H2. The van der Waals surface area contributed by atoms with E-state index in [-0.39, 0.29) is 11.5 Å². The summed E-state index contributed by atoms with van der Waals surface area (Å²) in [5.74, 6) is -0.227. The van der Waals surface area contributed by atoms with Crippen LogP contribution in [0.25, 0.3) is 0 Å². The van der Waals surface area contributed by atoms with E-state index in [2.05, 4.69) is 9.97 Å². The Morgan fingerprint density at radius 1 is 1.31 bits per heavy atom. The molecule has 0 radical (unpaired) electrons. The number of hydrogen-bond acceptors (Lipinski definition) is 4. The van der Waals surface area contributed by atoms with Crippen LogP contribution in [0.1, 0.15) is 16.1 Å². The fourth-order valence-electron chi connectivity index (χ4n) is 1.23. The summed E-state index contributed by atoms with van der Waals surface area (Å²) < 4.78 is 0. The van der Waals surface area contributed by atoms with E-state index in [1.54, 1.807) is 12.1 Å². The molecule has 4 nitrogen and oxygen atoms in total. The van der Waals surface area contributed by atoms with E-state index in [9.17, 15) is 4.79 Å². The third-order valence-electron chi connectivity index (χ3n) is 2.06. The smallest absolute Gasteiger partial charge is 0.212 e. The molecule has 1 heterocycles. The highest BCUT2D eigenvalue weighted by atomic mass is 35.5. The van der Waals surface area contributed by atoms with E-state index in [4.69, 9.17) is 17.3 Å². The number of nitrogens with two attached hydrogens (primary N) is 1. The van der Waals surface area contributed by atoms with Crippen LogP contribution in [0, 0.1) is 0 Å². The van der Waals surface area contributed by atoms with Crippen LogP contribution >= 0.6 is 11.6 Å². The van der Waals surface area contributed by atoms with Gasteiger partial charge in [0.1, 0.15) is 5.69 Å². The summed E-state index contributed by atoms with van der Waals surface area (Å²) in [6.07, 6.45) is 4.38. The van der Waals surface area contributed by atoms with Gasteiger partial charge < -0.3 is 5.73 Å². The Balaban J connectivity index is 2.39. The number of halogens is 1. The Kier molecular flexibility index (Phi) is 2.83. The SMILES string of the molecule is Nc1ccc(C(=O)c2cnccn2)cc1Cl. The van der Waals surface area contributed by atoms with Gasteiger partial charge in [-0.1, -0.05) is 11.6 Å². The van der Waals surface area contributed by atoms with E-state index in [1.165, 1.54) is 24.7 Å². The van der Waals surface area contributed by atoms with Gasteiger partial charge in [-0.15, -0.1) is 0 Å². The summed E-state index contributed by atoms with van der Waals surface area (Å²) in [6.45, 7) is 0. The third-order valence-corrected chi connectivity index (χ3v) is 2.39. The molecule has 1 aromatic heterocycles. The van der Waals surface area contributed by atoms with Crippen LogP contribution in [0.5, 0.6) is 0 Å². The monoisotopic (exact) mass is 233 g/mol. The highest BCUT2D eigenvalue weighted by Crippen LogP contribution is 2.20. The molecule has 0 aliphatic rings.